The average molecular weight is 671 g/mol. The number of carbonyl (C=O) groups is 4. The molecule has 0 unspecified atom stereocenters. The fourth-order valence-electron chi connectivity index (χ4n) is 4.28. The Morgan fingerprint density at radius 2 is 1.20 bits per heavy atom. The van der Waals surface area contributed by atoms with Crippen molar-refractivity contribution in [3.8, 4) is 28.4 Å². The van der Waals surface area contributed by atoms with Crippen LogP contribution in [0.5, 0.6) is 17.2 Å². The number of unbranched alkanes of at least 4 members (excludes halogenated alkanes) is 3. The van der Waals surface area contributed by atoms with E-state index in [0.29, 0.717) is 24.7 Å². The Kier molecular flexibility index (Phi) is 16.4. The first-order chi connectivity index (χ1) is 23.8. The van der Waals surface area contributed by atoms with Crippen LogP contribution < -0.4 is 14.2 Å². The van der Waals surface area contributed by atoms with Gasteiger partial charge >= 0.3 is 23.9 Å². The summed E-state index contributed by atoms with van der Waals surface area (Å²) in [7, 11) is 0. The maximum atomic E-state index is 12.4. The number of hydrogen-bond acceptors (Lipinski definition) is 10. The van der Waals surface area contributed by atoms with Crippen molar-refractivity contribution in [3.05, 3.63) is 109 Å². The molecule has 0 amide bonds. The van der Waals surface area contributed by atoms with Gasteiger partial charge in [0.25, 0.3) is 0 Å². The smallest absolute Gasteiger partial charge is 0.336 e. The molecule has 3 aromatic carbocycles. The maximum Gasteiger partial charge on any atom is 0.336 e. The lowest BCUT2D eigenvalue weighted by molar-refractivity contribution is -0.146. The first kappa shape index (κ1) is 37.8. The van der Waals surface area contributed by atoms with Gasteiger partial charge in [0.2, 0.25) is 0 Å². The van der Waals surface area contributed by atoms with Crippen LogP contribution >= 0.6 is 0 Å². The summed E-state index contributed by atoms with van der Waals surface area (Å²) < 4.78 is 31.7. The summed E-state index contributed by atoms with van der Waals surface area (Å²) in [5.41, 5.74) is 2.71. The summed E-state index contributed by atoms with van der Waals surface area (Å²) >= 11 is 0. The Labute approximate surface area is 286 Å². The molecule has 0 aliphatic heterocycles. The molecule has 0 radical (unpaired) electrons. The van der Waals surface area contributed by atoms with Crippen LogP contribution in [-0.4, -0.2) is 56.9 Å². The molecule has 0 N–H and O–H groups in total. The Morgan fingerprint density at radius 3 is 1.82 bits per heavy atom. The Bertz CT molecular complexity index is 1550. The number of esters is 4. The van der Waals surface area contributed by atoms with Crippen LogP contribution in [0.1, 0.15) is 44.6 Å². The van der Waals surface area contributed by atoms with Crippen molar-refractivity contribution in [1.82, 2.24) is 0 Å². The molecule has 258 valence electrons. The van der Waals surface area contributed by atoms with Crippen LogP contribution in [-0.2, 0) is 33.4 Å². The lowest BCUT2D eigenvalue weighted by Crippen LogP contribution is -2.16. The van der Waals surface area contributed by atoms with Crippen LogP contribution in [0.2, 0.25) is 0 Å². The van der Waals surface area contributed by atoms with Gasteiger partial charge in [-0.05, 0) is 91.8 Å². The van der Waals surface area contributed by atoms with Gasteiger partial charge < -0.3 is 28.4 Å². The molecule has 0 fully saturated rings. The highest BCUT2D eigenvalue weighted by Gasteiger charge is 2.14. The molecule has 10 nitrogen and oxygen atoms in total. The quantitative estimate of drug-likeness (QED) is 0.0382. The molecular formula is C39H42O10. The van der Waals surface area contributed by atoms with E-state index in [9.17, 15) is 19.2 Å². The van der Waals surface area contributed by atoms with Gasteiger partial charge in [0.1, 0.15) is 30.5 Å². The number of rotatable bonds is 21. The maximum absolute atomic E-state index is 12.4. The second-order valence-electron chi connectivity index (χ2n) is 10.6. The highest BCUT2D eigenvalue weighted by molar-refractivity contribution is 5.93. The molecule has 0 aliphatic rings. The minimum Gasteiger partial charge on any atom is -0.494 e. The van der Waals surface area contributed by atoms with E-state index in [1.807, 2.05) is 48.5 Å². The third-order valence-electron chi connectivity index (χ3n) is 6.81. The molecular weight excluding hydrogens is 628 g/mol. The van der Waals surface area contributed by atoms with Gasteiger partial charge in [-0.2, -0.15) is 0 Å². The second-order valence-corrected chi connectivity index (χ2v) is 10.6. The summed E-state index contributed by atoms with van der Waals surface area (Å²) in [6.07, 6.45) is 7.63. The summed E-state index contributed by atoms with van der Waals surface area (Å²) in [5.74, 6) is -0.332. The summed E-state index contributed by atoms with van der Waals surface area (Å²) in [4.78, 5) is 46.8. The van der Waals surface area contributed by atoms with Gasteiger partial charge in [-0.15, -0.1) is 0 Å². The summed E-state index contributed by atoms with van der Waals surface area (Å²) in [6, 6.07) is 21.9. The van der Waals surface area contributed by atoms with E-state index in [-0.39, 0.29) is 31.8 Å². The molecule has 3 aromatic rings. The number of benzene rings is 3. The lowest BCUT2D eigenvalue weighted by atomic mass is 10.1. The molecule has 0 saturated carbocycles. The summed E-state index contributed by atoms with van der Waals surface area (Å²) in [6.45, 7) is 9.96. The van der Waals surface area contributed by atoms with Crippen LogP contribution in [0.4, 0.5) is 0 Å². The number of ether oxygens (including phenoxy) is 6. The van der Waals surface area contributed by atoms with Crippen molar-refractivity contribution in [1.29, 1.82) is 0 Å². The first-order valence-electron chi connectivity index (χ1n) is 16.0. The monoisotopic (exact) mass is 670 g/mol. The molecule has 0 heterocycles. The largest absolute Gasteiger partial charge is 0.494 e. The van der Waals surface area contributed by atoms with Crippen LogP contribution in [0.15, 0.2) is 104 Å². The van der Waals surface area contributed by atoms with Gasteiger partial charge in [-0.1, -0.05) is 49.6 Å². The molecule has 3 rings (SSSR count). The third-order valence-corrected chi connectivity index (χ3v) is 6.81. The van der Waals surface area contributed by atoms with Crippen molar-refractivity contribution in [2.75, 3.05) is 33.0 Å². The molecule has 0 aromatic heterocycles. The van der Waals surface area contributed by atoms with Crippen LogP contribution in [0, 0.1) is 0 Å². The van der Waals surface area contributed by atoms with E-state index >= 15 is 0 Å². The fourth-order valence-corrected chi connectivity index (χ4v) is 4.28. The van der Waals surface area contributed by atoms with Gasteiger partial charge in [0.05, 0.1) is 26.2 Å². The van der Waals surface area contributed by atoms with Gasteiger partial charge in [-0.25, -0.2) is 14.4 Å². The lowest BCUT2D eigenvalue weighted by Gasteiger charge is -2.09. The van der Waals surface area contributed by atoms with Gasteiger partial charge in [0, 0.05) is 17.7 Å². The fraction of sp³-hybridized carbons (Fsp3) is 0.282. The third kappa shape index (κ3) is 14.8. The molecule has 0 aliphatic carbocycles. The Hall–Kier alpha value is -5.64. The summed E-state index contributed by atoms with van der Waals surface area (Å²) in [5, 5.41) is 0. The van der Waals surface area contributed by atoms with Crippen LogP contribution in [0.3, 0.4) is 0 Å². The van der Waals surface area contributed by atoms with Gasteiger partial charge in [0.15, 0.2) is 0 Å². The Balaban J connectivity index is 1.34. The van der Waals surface area contributed by atoms with Gasteiger partial charge in [-0.3, -0.25) is 4.79 Å². The normalized spacial score (nSPS) is 10.6. The van der Waals surface area contributed by atoms with E-state index in [1.54, 1.807) is 37.3 Å². The molecule has 0 bridgehead atoms. The topological polar surface area (TPSA) is 124 Å². The van der Waals surface area contributed by atoms with Crippen molar-refractivity contribution < 1.29 is 47.6 Å². The van der Waals surface area contributed by atoms with E-state index in [1.165, 1.54) is 6.08 Å². The van der Waals surface area contributed by atoms with E-state index < -0.39 is 23.9 Å². The molecule has 49 heavy (non-hydrogen) atoms. The Morgan fingerprint density at radius 1 is 0.633 bits per heavy atom. The standard InChI is InChI=1S/C39H42O10/c1-4-36(40)47-25-9-7-6-8-24-45-33-17-10-30(11-18-33)12-23-37(41)49-35-21-15-32(16-22-35)31-13-19-34(20-14-31)46-26-27-48-39(43)29(3)28-38(42)44-5-2/h4,10-23H,1,3,5-9,24-28H2,2H3/b23-12+. The average Bonchev–Trinajstić information content (AvgIpc) is 3.11. The second kappa shape index (κ2) is 21.3. The SMILES string of the molecule is C=CC(=O)OCCCCCCOc1ccc(/C=C/C(=O)Oc2ccc(-c3ccc(OCCOC(=O)C(=C)CC(=O)OCC)cc3)cc2)cc1. The van der Waals surface area contributed by atoms with Crippen LogP contribution in [0.25, 0.3) is 17.2 Å². The van der Waals surface area contributed by atoms with Crippen molar-refractivity contribution in [2.24, 2.45) is 0 Å². The zero-order chi connectivity index (χ0) is 35.3. The van der Waals surface area contributed by atoms with Crippen molar-refractivity contribution in [3.63, 3.8) is 0 Å². The van der Waals surface area contributed by atoms with Crippen molar-refractivity contribution in [2.45, 2.75) is 39.0 Å². The van der Waals surface area contributed by atoms with E-state index in [2.05, 4.69) is 13.2 Å². The molecule has 10 heteroatoms. The first-order valence-corrected chi connectivity index (χ1v) is 16.0. The molecule has 0 saturated heterocycles. The van der Waals surface area contributed by atoms with E-state index in [0.717, 1.165) is 54.2 Å². The zero-order valence-electron chi connectivity index (χ0n) is 27.7. The van der Waals surface area contributed by atoms with E-state index in [4.69, 9.17) is 28.4 Å². The highest BCUT2D eigenvalue weighted by atomic mass is 16.6. The zero-order valence-corrected chi connectivity index (χ0v) is 27.7. The molecule has 0 spiro atoms. The predicted molar refractivity (Wildman–Crippen MR) is 185 cm³/mol. The van der Waals surface area contributed by atoms with Crippen molar-refractivity contribution >= 4 is 30.0 Å². The predicted octanol–water partition coefficient (Wildman–Crippen LogP) is 7.07. The minimum absolute atomic E-state index is 0.00118. The molecule has 0 atom stereocenters. The highest BCUT2D eigenvalue weighted by Crippen LogP contribution is 2.25. The number of hydrogen-bond donors (Lipinski definition) is 0. The number of carbonyl (C=O) groups excluding carboxylic acids is 4. The minimum atomic E-state index is -0.670.